The number of hydrogen-bond donors (Lipinski definition) is 5. The summed E-state index contributed by atoms with van der Waals surface area (Å²) < 4.78 is 7.48. The average molecular weight is 425 g/mol. The van der Waals surface area contributed by atoms with Crippen molar-refractivity contribution in [1.82, 2.24) is 19.5 Å². The van der Waals surface area contributed by atoms with Gasteiger partial charge in [0, 0.05) is 6.42 Å². The summed E-state index contributed by atoms with van der Waals surface area (Å²) in [5.41, 5.74) is 12.2. The number of carboxylic acids is 1. The highest BCUT2D eigenvalue weighted by Gasteiger charge is 2.47. The molecule has 0 amide bonds. The number of ether oxygens (including phenoxy) is 1. The monoisotopic (exact) mass is 425 g/mol. The van der Waals surface area contributed by atoms with Gasteiger partial charge in [-0.25, -0.2) is 15.0 Å². The van der Waals surface area contributed by atoms with Gasteiger partial charge in [0.2, 0.25) is 0 Å². The third-order valence-electron chi connectivity index (χ3n) is 4.79. The van der Waals surface area contributed by atoms with Gasteiger partial charge in [0.05, 0.1) is 6.33 Å². The lowest BCUT2D eigenvalue weighted by Gasteiger charge is -2.16. The lowest BCUT2D eigenvalue weighted by atomic mass is 10.1. The number of carboxylic acid groups (broad SMARTS) is 1. The Balaban J connectivity index is 1.73. The summed E-state index contributed by atoms with van der Waals surface area (Å²) in [5, 5.41) is 30.0. The van der Waals surface area contributed by atoms with E-state index in [-0.39, 0.29) is 16.7 Å². The second-order valence-corrected chi connectivity index (χ2v) is 9.10. The van der Waals surface area contributed by atoms with Crippen LogP contribution in [0, 0.1) is 0 Å². The Hall–Kier alpha value is -2.25. The summed E-state index contributed by atoms with van der Waals surface area (Å²) in [6.45, 7) is 3.74. The van der Waals surface area contributed by atoms with Crippen LogP contribution in [0.1, 0.15) is 12.6 Å². The molecule has 0 saturated carbocycles. The number of nitrogens with zero attached hydrogens (tertiary/aromatic N) is 4. The van der Waals surface area contributed by atoms with Crippen LogP contribution in [0.25, 0.3) is 11.2 Å². The lowest BCUT2D eigenvalue weighted by Crippen LogP contribution is -2.38. The normalized spacial score (nSPS) is 26.4. The molecule has 158 valence electrons. The number of carbonyl (C=O) groups is 1. The molecule has 0 aliphatic carbocycles. The molecule has 2 aromatic rings. The summed E-state index contributed by atoms with van der Waals surface area (Å²) in [4.78, 5) is 23.1. The van der Waals surface area contributed by atoms with Crippen molar-refractivity contribution in [3.63, 3.8) is 0 Å². The SMILES string of the molecule is C=CC[S+](CC[C@H](N)C(=O)O)C[C@H]1O[C@@H](n2cnc3c(N)ncnc32)C(O)[C@H]1O. The molecule has 0 radical (unpaired) electrons. The van der Waals surface area contributed by atoms with Crippen LogP contribution in [-0.4, -0.2) is 82.4 Å². The average Bonchev–Trinajstić information content (AvgIpc) is 3.23. The van der Waals surface area contributed by atoms with E-state index in [9.17, 15) is 15.0 Å². The largest absolute Gasteiger partial charge is 0.480 e. The number of imidazole rings is 1. The summed E-state index contributed by atoms with van der Waals surface area (Å²) in [7, 11) is -0.308. The molecule has 0 spiro atoms. The van der Waals surface area contributed by atoms with Crippen molar-refractivity contribution in [3.05, 3.63) is 25.3 Å². The molecule has 29 heavy (non-hydrogen) atoms. The predicted molar refractivity (Wildman–Crippen MR) is 108 cm³/mol. The maximum atomic E-state index is 10.9. The Morgan fingerprint density at radius 2 is 2.14 bits per heavy atom. The number of nitrogens with two attached hydrogens (primary N) is 2. The highest BCUT2D eigenvalue weighted by Crippen LogP contribution is 2.33. The molecule has 6 atom stereocenters. The summed E-state index contributed by atoms with van der Waals surface area (Å²) in [6.07, 6.45) is 0.943. The van der Waals surface area contributed by atoms with Gasteiger partial charge in [-0.15, -0.1) is 0 Å². The van der Waals surface area contributed by atoms with E-state index in [0.29, 0.717) is 34.8 Å². The van der Waals surface area contributed by atoms with Crippen LogP contribution >= 0.6 is 0 Å². The van der Waals surface area contributed by atoms with Gasteiger partial charge < -0.3 is 31.5 Å². The van der Waals surface area contributed by atoms with Gasteiger partial charge in [-0.3, -0.25) is 9.36 Å². The first kappa shape index (κ1) is 21.5. The Labute approximate surface area is 169 Å². The number of aromatic nitrogens is 4. The first-order valence-electron chi connectivity index (χ1n) is 9.01. The first-order valence-corrected chi connectivity index (χ1v) is 10.7. The molecule has 1 saturated heterocycles. The minimum absolute atomic E-state index is 0.209. The molecular weight excluding hydrogens is 400 g/mol. The van der Waals surface area contributed by atoms with E-state index in [1.54, 1.807) is 6.08 Å². The molecular formula is C17H25N6O5S+. The molecule has 1 fully saturated rings. The number of fused-ring (bicyclic) bond motifs is 1. The fourth-order valence-corrected chi connectivity index (χ4v) is 5.33. The van der Waals surface area contributed by atoms with E-state index in [1.165, 1.54) is 17.2 Å². The number of aliphatic hydroxyl groups excluding tert-OH is 2. The molecule has 1 aliphatic heterocycles. The fourth-order valence-electron chi connectivity index (χ4n) is 3.20. The molecule has 3 rings (SSSR count). The zero-order valence-corrected chi connectivity index (χ0v) is 16.5. The van der Waals surface area contributed by atoms with Crippen molar-refractivity contribution < 1.29 is 24.9 Å². The molecule has 0 aromatic carbocycles. The molecule has 3 heterocycles. The van der Waals surface area contributed by atoms with Gasteiger partial charge in [0.1, 0.15) is 53.5 Å². The number of anilines is 1. The maximum Gasteiger partial charge on any atom is 0.320 e. The summed E-state index contributed by atoms with van der Waals surface area (Å²) >= 11 is 0. The van der Waals surface area contributed by atoms with E-state index < -0.39 is 36.6 Å². The van der Waals surface area contributed by atoms with Crippen LogP contribution < -0.4 is 11.5 Å². The number of rotatable bonds is 9. The Morgan fingerprint density at radius 1 is 1.38 bits per heavy atom. The molecule has 2 aromatic heterocycles. The lowest BCUT2D eigenvalue weighted by molar-refractivity contribution is -0.138. The molecule has 0 bridgehead atoms. The minimum atomic E-state index is -1.19. The molecule has 7 N–H and O–H groups in total. The van der Waals surface area contributed by atoms with Crippen LogP contribution in [0.15, 0.2) is 25.3 Å². The van der Waals surface area contributed by atoms with Gasteiger partial charge in [-0.1, -0.05) is 6.58 Å². The number of hydrogen-bond acceptors (Lipinski definition) is 9. The van der Waals surface area contributed by atoms with E-state index in [1.807, 2.05) is 0 Å². The third-order valence-corrected chi connectivity index (χ3v) is 7.11. The molecule has 11 nitrogen and oxygen atoms in total. The van der Waals surface area contributed by atoms with Crippen LogP contribution in [0.4, 0.5) is 5.82 Å². The topological polar surface area (TPSA) is 183 Å². The smallest absolute Gasteiger partial charge is 0.320 e. The van der Waals surface area contributed by atoms with Crippen LogP contribution in [-0.2, 0) is 20.4 Å². The fraction of sp³-hybridized carbons (Fsp3) is 0.529. The van der Waals surface area contributed by atoms with Gasteiger partial charge in [-0.05, 0) is 17.0 Å². The second kappa shape index (κ2) is 9.05. The predicted octanol–water partition coefficient (Wildman–Crippen LogP) is -1.37. The quantitative estimate of drug-likeness (QED) is 0.237. The number of aliphatic hydroxyl groups is 2. The molecule has 1 aliphatic rings. The van der Waals surface area contributed by atoms with Crippen LogP contribution in [0.5, 0.6) is 0 Å². The van der Waals surface area contributed by atoms with Crippen molar-refractivity contribution in [2.75, 3.05) is 23.0 Å². The van der Waals surface area contributed by atoms with Crippen LogP contribution in [0.3, 0.4) is 0 Å². The van der Waals surface area contributed by atoms with E-state index in [0.717, 1.165) is 0 Å². The van der Waals surface area contributed by atoms with Gasteiger partial charge >= 0.3 is 5.97 Å². The van der Waals surface area contributed by atoms with Crippen LogP contribution in [0.2, 0.25) is 0 Å². The standard InChI is InChI=1S/C17H24N6O5S/c1-2-4-29(5-3-9(18)17(26)27)6-10-12(24)13(25)16(28-10)23-8-22-11-14(19)20-7-21-15(11)23/h2,7-10,12-13,16,24-25H,1,3-6,18H2,(H2-,19,20,21,26,27)/p+1/t9-,10+,12-,13?,16+,29?/m0/s1. The van der Waals surface area contributed by atoms with Crippen molar-refractivity contribution in [2.45, 2.75) is 37.0 Å². The number of aliphatic carboxylic acids is 1. The van der Waals surface area contributed by atoms with Crippen molar-refractivity contribution in [2.24, 2.45) is 5.73 Å². The Bertz CT molecular complexity index is 879. The Kier molecular flexibility index (Phi) is 6.70. The maximum absolute atomic E-state index is 10.9. The highest BCUT2D eigenvalue weighted by molar-refractivity contribution is 7.97. The minimum Gasteiger partial charge on any atom is -0.480 e. The zero-order valence-electron chi connectivity index (χ0n) is 15.7. The van der Waals surface area contributed by atoms with E-state index >= 15 is 0 Å². The summed E-state index contributed by atoms with van der Waals surface area (Å²) in [5.74, 6) is 0.799. The van der Waals surface area contributed by atoms with Gasteiger partial charge in [-0.2, -0.15) is 0 Å². The van der Waals surface area contributed by atoms with Crippen molar-refractivity contribution in [1.29, 1.82) is 0 Å². The van der Waals surface area contributed by atoms with E-state index in [2.05, 4.69) is 21.5 Å². The second-order valence-electron chi connectivity index (χ2n) is 6.80. The van der Waals surface area contributed by atoms with E-state index in [4.69, 9.17) is 21.3 Å². The molecule has 12 heteroatoms. The van der Waals surface area contributed by atoms with Gasteiger partial charge in [0.15, 0.2) is 17.7 Å². The van der Waals surface area contributed by atoms with Crippen molar-refractivity contribution >= 4 is 33.8 Å². The van der Waals surface area contributed by atoms with Gasteiger partial charge in [0.25, 0.3) is 0 Å². The third kappa shape index (κ3) is 4.51. The molecule has 2 unspecified atom stereocenters. The Morgan fingerprint density at radius 3 is 2.83 bits per heavy atom. The summed E-state index contributed by atoms with van der Waals surface area (Å²) in [6, 6.07) is -0.940. The number of nitrogen functional groups attached to an aromatic ring is 1. The highest BCUT2D eigenvalue weighted by atomic mass is 32.2. The van der Waals surface area contributed by atoms with Crippen molar-refractivity contribution in [3.8, 4) is 0 Å². The zero-order chi connectivity index (χ0) is 21.1. The first-order chi connectivity index (χ1) is 13.8.